The summed E-state index contributed by atoms with van der Waals surface area (Å²) in [6, 6.07) is 0. The molecule has 0 aromatic heterocycles. The van der Waals surface area contributed by atoms with Crippen LogP contribution in [0.25, 0.3) is 0 Å². The fourth-order valence-electron chi connectivity index (χ4n) is 3.26. The van der Waals surface area contributed by atoms with E-state index in [1.165, 1.54) is 0 Å². The molecule has 23 heavy (non-hydrogen) atoms. The third-order valence-corrected chi connectivity index (χ3v) is 4.52. The van der Waals surface area contributed by atoms with Gasteiger partial charge in [0.15, 0.2) is 0 Å². The molecule has 136 valence electrons. The summed E-state index contributed by atoms with van der Waals surface area (Å²) in [5.74, 6) is -1.04. The Bertz CT molecular complexity index is 336. The summed E-state index contributed by atoms with van der Waals surface area (Å²) >= 11 is 0. The van der Waals surface area contributed by atoms with E-state index in [4.69, 9.17) is 5.11 Å². The molecule has 0 saturated carbocycles. The molecular weight excluding hydrogens is 290 g/mol. The Morgan fingerprint density at radius 3 is 2.13 bits per heavy atom. The lowest BCUT2D eigenvalue weighted by molar-refractivity contribution is -0.931. The molecule has 0 aliphatic rings. The number of allylic oxidation sites excluding steroid dienone is 2. The molecule has 0 radical (unpaired) electrons. The van der Waals surface area contributed by atoms with Crippen molar-refractivity contribution in [2.75, 3.05) is 26.2 Å². The Morgan fingerprint density at radius 2 is 1.65 bits per heavy atom. The SMILES string of the molecule is CC/C=C/CCC(O)C[N+](CCC)(CCC)CCC(C)C(=O)O. The van der Waals surface area contributed by atoms with Gasteiger partial charge in [0.05, 0.1) is 25.6 Å². The normalized spacial score (nSPS) is 15.0. The van der Waals surface area contributed by atoms with E-state index in [1.54, 1.807) is 6.92 Å². The van der Waals surface area contributed by atoms with Gasteiger partial charge in [-0.2, -0.15) is 0 Å². The van der Waals surface area contributed by atoms with Crippen molar-refractivity contribution in [3.8, 4) is 0 Å². The summed E-state index contributed by atoms with van der Waals surface area (Å²) in [5.41, 5.74) is 0. The molecule has 0 aliphatic carbocycles. The van der Waals surface area contributed by atoms with Gasteiger partial charge < -0.3 is 14.7 Å². The second-order valence-electron chi connectivity index (χ2n) is 6.83. The molecule has 0 aliphatic heterocycles. The molecule has 0 amide bonds. The maximum absolute atomic E-state index is 11.1. The van der Waals surface area contributed by atoms with Crippen LogP contribution in [0.3, 0.4) is 0 Å². The van der Waals surface area contributed by atoms with Crippen LogP contribution in [-0.4, -0.2) is 52.9 Å². The third kappa shape index (κ3) is 9.77. The minimum atomic E-state index is -0.721. The Balaban J connectivity index is 4.74. The standard InChI is InChI=1S/C19H37NO3/c1-5-8-9-10-11-18(21)16-20(13-6-2,14-7-3)15-12-17(4)19(22)23/h8-9,17-18,21H,5-7,10-16H2,1-4H3/p+1/b9-8+. The van der Waals surface area contributed by atoms with E-state index in [2.05, 4.69) is 32.9 Å². The van der Waals surface area contributed by atoms with Gasteiger partial charge in [-0.05, 0) is 32.1 Å². The Kier molecular flexibility index (Phi) is 12.1. The van der Waals surface area contributed by atoms with E-state index in [0.717, 1.165) is 62.8 Å². The number of aliphatic carboxylic acids is 1. The van der Waals surface area contributed by atoms with Gasteiger partial charge >= 0.3 is 5.97 Å². The lowest BCUT2D eigenvalue weighted by atomic mass is 10.0. The molecule has 4 nitrogen and oxygen atoms in total. The zero-order valence-electron chi connectivity index (χ0n) is 15.6. The van der Waals surface area contributed by atoms with Crippen LogP contribution >= 0.6 is 0 Å². The number of carbonyl (C=O) groups is 1. The fraction of sp³-hybridized carbons (Fsp3) is 0.842. The van der Waals surface area contributed by atoms with Crippen LogP contribution in [0.15, 0.2) is 12.2 Å². The Labute approximate surface area is 142 Å². The van der Waals surface area contributed by atoms with Crippen LogP contribution < -0.4 is 0 Å². The van der Waals surface area contributed by atoms with Gasteiger partial charge in [0.2, 0.25) is 0 Å². The molecule has 0 fully saturated rings. The van der Waals surface area contributed by atoms with Crippen molar-refractivity contribution in [1.29, 1.82) is 0 Å². The second-order valence-corrected chi connectivity index (χ2v) is 6.83. The number of rotatable bonds is 14. The molecular formula is C19H38NO3+. The molecule has 0 rings (SSSR count). The first-order valence-electron chi connectivity index (χ1n) is 9.31. The molecule has 2 N–H and O–H groups in total. The van der Waals surface area contributed by atoms with Crippen molar-refractivity contribution in [2.45, 2.75) is 72.3 Å². The zero-order valence-corrected chi connectivity index (χ0v) is 15.6. The highest BCUT2D eigenvalue weighted by Gasteiger charge is 2.30. The number of carboxylic acids is 1. The predicted octanol–water partition coefficient (Wildman–Crippen LogP) is 3.84. The van der Waals surface area contributed by atoms with Crippen LogP contribution in [0.4, 0.5) is 0 Å². The smallest absolute Gasteiger partial charge is 0.306 e. The van der Waals surface area contributed by atoms with E-state index >= 15 is 0 Å². The topological polar surface area (TPSA) is 57.5 Å². The first-order chi connectivity index (χ1) is 10.9. The maximum atomic E-state index is 11.1. The number of hydrogen-bond acceptors (Lipinski definition) is 2. The lowest BCUT2D eigenvalue weighted by Crippen LogP contribution is -2.54. The van der Waals surface area contributed by atoms with Gasteiger partial charge in [0, 0.05) is 6.42 Å². The van der Waals surface area contributed by atoms with E-state index in [1.807, 2.05) is 0 Å². The number of hydrogen-bond donors (Lipinski definition) is 2. The Hall–Kier alpha value is -0.870. The van der Waals surface area contributed by atoms with Crippen LogP contribution in [0.5, 0.6) is 0 Å². The van der Waals surface area contributed by atoms with E-state index < -0.39 is 5.97 Å². The number of quaternary nitrogens is 1. The van der Waals surface area contributed by atoms with E-state index in [-0.39, 0.29) is 12.0 Å². The van der Waals surface area contributed by atoms with Crippen LogP contribution in [0, 0.1) is 5.92 Å². The molecule has 0 heterocycles. The third-order valence-electron chi connectivity index (χ3n) is 4.52. The molecule has 0 spiro atoms. The lowest BCUT2D eigenvalue weighted by Gasteiger charge is -2.40. The second kappa shape index (κ2) is 12.5. The molecule has 0 saturated heterocycles. The minimum Gasteiger partial charge on any atom is -0.481 e. The maximum Gasteiger partial charge on any atom is 0.306 e. The zero-order chi connectivity index (χ0) is 17.7. The van der Waals surface area contributed by atoms with Gasteiger partial charge in [0.25, 0.3) is 0 Å². The van der Waals surface area contributed by atoms with Gasteiger partial charge in [-0.1, -0.05) is 39.8 Å². The van der Waals surface area contributed by atoms with Crippen molar-refractivity contribution in [3.63, 3.8) is 0 Å². The highest BCUT2D eigenvalue weighted by atomic mass is 16.4. The number of nitrogens with zero attached hydrogens (tertiary/aromatic N) is 1. The van der Waals surface area contributed by atoms with Gasteiger partial charge in [-0.3, -0.25) is 4.79 Å². The quantitative estimate of drug-likeness (QED) is 0.376. The average molecular weight is 329 g/mol. The van der Waals surface area contributed by atoms with Crippen LogP contribution in [-0.2, 0) is 4.79 Å². The average Bonchev–Trinajstić information content (AvgIpc) is 2.49. The summed E-state index contributed by atoms with van der Waals surface area (Å²) in [6.45, 7) is 11.8. The summed E-state index contributed by atoms with van der Waals surface area (Å²) < 4.78 is 0.850. The van der Waals surface area contributed by atoms with Crippen molar-refractivity contribution in [3.05, 3.63) is 12.2 Å². The van der Waals surface area contributed by atoms with Crippen molar-refractivity contribution in [2.24, 2.45) is 5.92 Å². The monoisotopic (exact) mass is 328 g/mol. The molecule has 4 heteroatoms. The molecule has 0 aromatic carbocycles. The first-order valence-corrected chi connectivity index (χ1v) is 9.31. The molecule has 0 bridgehead atoms. The van der Waals surface area contributed by atoms with Crippen LogP contribution in [0.2, 0.25) is 0 Å². The van der Waals surface area contributed by atoms with Crippen LogP contribution in [0.1, 0.15) is 66.2 Å². The number of carboxylic acid groups (broad SMARTS) is 1. The predicted molar refractivity (Wildman–Crippen MR) is 96.4 cm³/mol. The fourth-order valence-corrected chi connectivity index (χ4v) is 3.26. The van der Waals surface area contributed by atoms with Crippen molar-refractivity contribution in [1.82, 2.24) is 0 Å². The first kappa shape index (κ1) is 22.1. The van der Waals surface area contributed by atoms with E-state index in [9.17, 15) is 9.90 Å². The van der Waals surface area contributed by atoms with Gasteiger partial charge in [-0.25, -0.2) is 0 Å². The number of aliphatic hydroxyl groups is 1. The summed E-state index contributed by atoms with van der Waals surface area (Å²) in [4.78, 5) is 11.1. The largest absolute Gasteiger partial charge is 0.481 e. The van der Waals surface area contributed by atoms with Gasteiger partial charge in [0.1, 0.15) is 12.6 Å². The highest BCUT2D eigenvalue weighted by Crippen LogP contribution is 2.18. The van der Waals surface area contributed by atoms with E-state index in [0.29, 0.717) is 6.42 Å². The summed E-state index contributed by atoms with van der Waals surface area (Å²) in [7, 11) is 0. The molecule has 2 unspecified atom stereocenters. The van der Waals surface area contributed by atoms with Crippen molar-refractivity contribution >= 4 is 5.97 Å². The summed E-state index contributed by atoms with van der Waals surface area (Å²) in [6.07, 6.45) is 9.51. The molecule has 2 atom stereocenters. The van der Waals surface area contributed by atoms with Crippen molar-refractivity contribution < 1.29 is 19.5 Å². The highest BCUT2D eigenvalue weighted by molar-refractivity contribution is 5.69. The minimum absolute atomic E-state index is 0.310. The summed E-state index contributed by atoms with van der Waals surface area (Å²) in [5, 5.41) is 19.6. The Morgan fingerprint density at radius 1 is 1.04 bits per heavy atom. The molecule has 0 aromatic rings. The number of aliphatic hydroxyl groups excluding tert-OH is 1. The van der Waals surface area contributed by atoms with Gasteiger partial charge in [-0.15, -0.1) is 0 Å².